The minimum Gasteiger partial charge on any atom is -0.361 e. The number of anilines is 1. The second-order valence-electron chi connectivity index (χ2n) is 5.68. The molecular weight excluding hydrogens is 422 g/mol. The third-order valence-electron chi connectivity index (χ3n) is 3.31. The van der Waals surface area contributed by atoms with Crippen LogP contribution >= 0.6 is 0 Å². The zero-order chi connectivity index (χ0) is 21.7. The van der Waals surface area contributed by atoms with Gasteiger partial charge in [-0.3, -0.25) is 28.6 Å². The number of hydrogen-bond acceptors (Lipinski definition) is 11. The van der Waals surface area contributed by atoms with Gasteiger partial charge in [-0.15, -0.1) is 0 Å². The minimum absolute atomic E-state index is 0.0372. The lowest BCUT2D eigenvalue weighted by molar-refractivity contribution is -0.393. The Morgan fingerprint density at radius 3 is 1.75 bits per heavy atom. The molecule has 0 amide bonds. The maximum absolute atomic E-state index is 11.4. The largest absolute Gasteiger partial charge is 0.361 e. The van der Waals surface area contributed by atoms with Crippen LogP contribution in [-0.4, -0.2) is 65.5 Å². The van der Waals surface area contributed by atoms with Gasteiger partial charge in [0, 0.05) is 19.2 Å². The highest BCUT2D eigenvalue weighted by Crippen LogP contribution is 2.35. The highest BCUT2D eigenvalue weighted by molar-refractivity contribution is 7.86. The van der Waals surface area contributed by atoms with E-state index in [4.69, 9.17) is 0 Å². The van der Waals surface area contributed by atoms with Crippen LogP contribution in [0.2, 0.25) is 0 Å². The maximum Gasteiger partial charge on any atom is 0.299 e. The first-order chi connectivity index (χ1) is 12.7. The quantitative estimate of drug-likeness (QED) is 0.266. The van der Waals surface area contributed by atoms with E-state index < -0.39 is 41.5 Å². The summed E-state index contributed by atoms with van der Waals surface area (Å²) in [5, 5.41) is 22.4. The lowest BCUT2D eigenvalue weighted by atomic mass is 10.1. The van der Waals surface area contributed by atoms with Gasteiger partial charge in [0.05, 0.1) is 41.6 Å². The Kier molecular flexibility index (Phi) is 7.80. The molecule has 0 radical (unpaired) electrons. The van der Waals surface area contributed by atoms with E-state index in [1.165, 1.54) is 11.8 Å². The van der Waals surface area contributed by atoms with Crippen molar-refractivity contribution in [2.45, 2.75) is 6.92 Å². The van der Waals surface area contributed by atoms with Crippen molar-refractivity contribution in [2.24, 2.45) is 0 Å². The molecule has 13 nitrogen and oxygen atoms in total. The predicted molar refractivity (Wildman–Crippen MR) is 98.3 cm³/mol. The fourth-order valence-electron chi connectivity index (χ4n) is 2.33. The molecule has 1 aromatic carbocycles. The van der Waals surface area contributed by atoms with E-state index in [9.17, 15) is 37.1 Å². The summed E-state index contributed by atoms with van der Waals surface area (Å²) in [7, 11) is -7.55. The average Bonchev–Trinajstić information content (AvgIpc) is 2.50. The van der Waals surface area contributed by atoms with Crippen LogP contribution in [0.3, 0.4) is 0 Å². The van der Waals surface area contributed by atoms with Crippen LogP contribution in [0.4, 0.5) is 17.1 Å². The van der Waals surface area contributed by atoms with Crippen LogP contribution in [0.5, 0.6) is 0 Å². The van der Waals surface area contributed by atoms with Crippen LogP contribution < -0.4 is 4.90 Å². The van der Waals surface area contributed by atoms with E-state index in [2.05, 4.69) is 8.37 Å². The topological polar surface area (TPSA) is 176 Å². The molecule has 0 aliphatic rings. The van der Waals surface area contributed by atoms with Gasteiger partial charge in [-0.25, -0.2) is 0 Å². The van der Waals surface area contributed by atoms with Gasteiger partial charge >= 0.3 is 0 Å². The lowest BCUT2D eigenvalue weighted by Gasteiger charge is -2.25. The summed E-state index contributed by atoms with van der Waals surface area (Å²) in [5.74, 6) is 0. The van der Waals surface area contributed by atoms with Crippen molar-refractivity contribution in [3.05, 3.63) is 37.9 Å². The van der Waals surface area contributed by atoms with Gasteiger partial charge in [-0.1, -0.05) is 0 Å². The smallest absolute Gasteiger partial charge is 0.299 e. The summed E-state index contributed by atoms with van der Waals surface area (Å²) in [6.07, 6.45) is 1.65. The molecule has 0 aromatic heterocycles. The van der Waals surface area contributed by atoms with Gasteiger partial charge in [0.25, 0.3) is 31.6 Å². The Labute approximate surface area is 161 Å². The fraction of sp³-hybridized carbons (Fsp3) is 0.538. The summed E-state index contributed by atoms with van der Waals surface area (Å²) >= 11 is 0. The third-order valence-corrected chi connectivity index (χ3v) is 4.50. The number of rotatable bonds is 11. The van der Waals surface area contributed by atoms with Crippen LogP contribution in [0, 0.1) is 27.2 Å². The molecule has 1 rings (SSSR count). The van der Waals surface area contributed by atoms with Crippen molar-refractivity contribution >= 4 is 37.3 Å². The first kappa shape index (κ1) is 23.7. The molecule has 0 bridgehead atoms. The minimum atomic E-state index is -3.78. The van der Waals surface area contributed by atoms with E-state index in [-0.39, 0.29) is 37.6 Å². The Morgan fingerprint density at radius 1 is 0.929 bits per heavy atom. The highest BCUT2D eigenvalue weighted by atomic mass is 32.2. The first-order valence-corrected chi connectivity index (χ1v) is 11.2. The van der Waals surface area contributed by atoms with E-state index in [1.54, 1.807) is 0 Å². The maximum atomic E-state index is 11.4. The van der Waals surface area contributed by atoms with E-state index >= 15 is 0 Å². The molecule has 0 aliphatic carbocycles. The fourth-order valence-corrected chi connectivity index (χ4v) is 3.09. The zero-order valence-electron chi connectivity index (χ0n) is 15.2. The second kappa shape index (κ2) is 9.22. The van der Waals surface area contributed by atoms with Crippen LogP contribution in [0.15, 0.2) is 12.1 Å². The van der Waals surface area contributed by atoms with Crippen LogP contribution in [0.25, 0.3) is 0 Å². The molecule has 0 spiro atoms. The molecule has 0 N–H and O–H groups in total. The number of nitro groups is 2. The Bertz CT molecular complexity index is 921. The van der Waals surface area contributed by atoms with Crippen molar-refractivity contribution in [1.82, 2.24) is 0 Å². The molecule has 0 saturated carbocycles. The highest BCUT2D eigenvalue weighted by Gasteiger charge is 2.26. The molecule has 1 aromatic rings. The van der Waals surface area contributed by atoms with Crippen molar-refractivity contribution in [3.8, 4) is 0 Å². The van der Waals surface area contributed by atoms with Crippen molar-refractivity contribution in [1.29, 1.82) is 0 Å². The second-order valence-corrected chi connectivity index (χ2v) is 8.97. The van der Waals surface area contributed by atoms with Crippen LogP contribution in [-0.2, 0) is 28.6 Å². The standard InChI is InChI=1S/C13H19N3O10S2/c1-10-8-11(15(17)18)9-12(16(19)20)13(10)14(4-6-25-27(2,21)22)5-7-26-28(3,23)24/h8-9H,4-7H2,1-3H3. The summed E-state index contributed by atoms with van der Waals surface area (Å²) < 4.78 is 53.8. The molecule has 28 heavy (non-hydrogen) atoms. The average molecular weight is 441 g/mol. The SMILES string of the molecule is Cc1cc([N+](=O)[O-])cc([N+](=O)[O-])c1N(CCOS(C)(=O)=O)CCOS(C)(=O)=O. The van der Waals surface area contributed by atoms with Gasteiger partial charge in [-0.05, 0) is 12.5 Å². The Morgan fingerprint density at radius 2 is 1.39 bits per heavy atom. The number of non-ortho nitro benzene ring substituents is 1. The van der Waals surface area contributed by atoms with Crippen molar-refractivity contribution < 1.29 is 35.0 Å². The van der Waals surface area contributed by atoms with Gasteiger partial charge in [0.1, 0.15) is 5.69 Å². The lowest BCUT2D eigenvalue weighted by Crippen LogP contribution is -2.33. The molecule has 158 valence electrons. The first-order valence-electron chi connectivity index (χ1n) is 7.58. The Hall–Kier alpha value is -2.36. The molecule has 0 aliphatic heterocycles. The van der Waals surface area contributed by atoms with Gasteiger partial charge < -0.3 is 4.90 Å². The van der Waals surface area contributed by atoms with E-state index in [0.29, 0.717) is 0 Å². The summed E-state index contributed by atoms with van der Waals surface area (Å²) in [5.41, 5.74) is -0.956. The number of aryl methyl sites for hydroxylation is 1. The molecule has 0 fully saturated rings. The summed E-state index contributed by atoms with van der Waals surface area (Å²) in [4.78, 5) is 22.1. The number of benzene rings is 1. The molecule has 0 atom stereocenters. The van der Waals surface area contributed by atoms with Crippen molar-refractivity contribution in [2.75, 3.05) is 43.7 Å². The molecule has 15 heteroatoms. The molecule has 0 unspecified atom stereocenters. The molecule has 0 heterocycles. The summed E-state index contributed by atoms with van der Waals surface area (Å²) in [6.45, 7) is 0.271. The van der Waals surface area contributed by atoms with Crippen molar-refractivity contribution in [3.63, 3.8) is 0 Å². The number of nitro benzene ring substituents is 2. The van der Waals surface area contributed by atoms with E-state index in [0.717, 1.165) is 24.6 Å². The van der Waals surface area contributed by atoms with Gasteiger partial charge in [0.15, 0.2) is 0 Å². The van der Waals surface area contributed by atoms with Gasteiger partial charge in [0.2, 0.25) is 0 Å². The zero-order valence-corrected chi connectivity index (χ0v) is 16.9. The molecule has 0 saturated heterocycles. The number of hydrogen-bond donors (Lipinski definition) is 0. The monoisotopic (exact) mass is 441 g/mol. The third kappa shape index (κ3) is 7.71. The Balaban J connectivity index is 3.29. The normalized spacial score (nSPS) is 12.0. The van der Waals surface area contributed by atoms with Crippen LogP contribution in [0.1, 0.15) is 5.56 Å². The predicted octanol–water partition coefficient (Wildman–Crippen LogP) is 0.570. The van der Waals surface area contributed by atoms with E-state index in [1.807, 2.05) is 0 Å². The number of nitrogens with zero attached hydrogens (tertiary/aromatic N) is 3. The van der Waals surface area contributed by atoms with Gasteiger partial charge in [-0.2, -0.15) is 16.8 Å². The molecular formula is C13H19N3O10S2. The summed E-state index contributed by atoms with van der Waals surface area (Å²) in [6, 6.07) is 1.88.